The van der Waals surface area contributed by atoms with Gasteiger partial charge in [0.2, 0.25) is 11.8 Å². The molecule has 0 aliphatic carbocycles. The Morgan fingerprint density at radius 2 is 1.68 bits per heavy atom. The number of carbonyl (C=O) groups excluding carboxylic acids is 3. The number of rotatable bonds is 12. The Labute approximate surface area is 385 Å². The molecule has 16 heteroatoms. The van der Waals surface area contributed by atoms with Crippen molar-refractivity contribution in [2.45, 2.75) is 92.1 Å². The standard InChI is InChI=1S/C49H53FN8O5S2/c1-26-28(3)65-48-40(26)41(53-38(19-20-63-8)44-56-55-29(4)58(44)48)32-15-13-31(14-16-32)36-18-17-34(21-37(36)50)45(60)54-43(49(5,6)7)47(62)57-24-35(59)22-39(57)46(61)51-23-30-9-11-33(12-10-30)42-27(2)52-25-64-42/h9-18,21,25,35,38-39,43,59H,19-20,22-24H2,1-8H3,(H,51,61)(H,54,60)/t35-,38+,39+,43-/m1/s1. The number of halogens is 1. The number of aliphatic hydroxyl groups excluding tert-OH is 1. The lowest BCUT2D eigenvalue weighted by Gasteiger charge is -2.35. The summed E-state index contributed by atoms with van der Waals surface area (Å²) in [6, 6.07) is 17.3. The molecule has 0 radical (unpaired) electrons. The molecule has 3 N–H and O–H groups in total. The molecule has 3 aromatic heterocycles. The van der Waals surface area contributed by atoms with Gasteiger partial charge in [-0.05, 0) is 67.5 Å². The van der Waals surface area contributed by atoms with Gasteiger partial charge in [-0.3, -0.25) is 23.9 Å². The van der Waals surface area contributed by atoms with E-state index in [2.05, 4.69) is 44.2 Å². The fourth-order valence-corrected chi connectivity index (χ4v) is 10.5. The van der Waals surface area contributed by atoms with Crippen molar-refractivity contribution in [2.24, 2.45) is 10.4 Å². The van der Waals surface area contributed by atoms with Crippen LogP contribution in [-0.2, 0) is 20.9 Å². The van der Waals surface area contributed by atoms with Gasteiger partial charge in [0, 0.05) is 66.8 Å². The van der Waals surface area contributed by atoms with E-state index in [9.17, 15) is 19.5 Å². The van der Waals surface area contributed by atoms with Crippen molar-refractivity contribution in [2.75, 3.05) is 20.3 Å². The molecule has 5 heterocycles. The maximum absolute atomic E-state index is 16.1. The number of thiazole rings is 1. The highest BCUT2D eigenvalue weighted by molar-refractivity contribution is 7.15. The van der Waals surface area contributed by atoms with E-state index in [0.717, 1.165) is 65.6 Å². The molecule has 8 rings (SSSR count). The van der Waals surface area contributed by atoms with Crippen LogP contribution in [0, 0.1) is 38.9 Å². The minimum absolute atomic E-state index is 0.0326. The highest BCUT2D eigenvalue weighted by atomic mass is 32.1. The molecule has 338 valence electrons. The monoisotopic (exact) mass is 916 g/mol. The second-order valence-electron chi connectivity index (χ2n) is 17.8. The average molecular weight is 917 g/mol. The van der Waals surface area contributed by atoms with Crippen LogP contribution >= 0.6 is 22.7 Å². The first-order valence-electron chi connectivity index (χ1n) is 21.6. The van der Waals surface area contributed by atoms with Crippen molar-refractivity contribution in [1.82, 2.24) is 35.3 Å². The normalized spacial score (nSPS) is 17.5. The number of hydrogen-bond acceptors (Lipinski definition) is 11. The molecule has 0 bridgehead atoms. The number of ether oxygens (including phenoxy) is 1. The van der Waals surface area contributed by atoms with Crippen LogP contribution in [0.5, 0.6) is 0 Å². The van der Waals surface area contributed by atoms with Crippen LogP contribution in [0.4, 0.5) is 4.39 Å². The molecule has 1 fully saturated rings. The maximum Gasteiger partial charge on any atom is 0.252 e. The van der Waals surface area contributed by atoms with E-state index in [4.69, 9.17) is 9.73 Å². The Hall–Kier alpha value is -5.94. The third-order valence-electron chi connectivity index (χ3n) is 12.2. The quantitative estimate of drug-likeness (QED) is 0.112. The third kappa shape index (κ3) is 9.17. The summed E-state index contributed by atoms with van der Waals surface area (Å²) in [5.41, 5.74) is 8.62. The Kier molecular flexibility index (Phi) is 13.0. The van der Waals surface area contributed by atoms with Gasteiger partial charge >= 0.3 is 0 Å². The number of amides is 3. The van der Waals surface area contributed by atoms with E-state index in [1.54, 1.807) is 62.1 Å². The fraction of sp³-hybridized carbons (Fsp3) is 0.367. The molecule has 3 aromatic carbocycles. The van der Waals surface area contributed by atoms with Gasteiger partial charge in [0.1, 0.15) is 34.8 Å². The molecule has 1 saturated heterocycles. The third-order valence-corrected chi connectivity index (χ3v) is 14.4. The molecular formula is C49H53FN8O5S2. The number of aliphatic imine (C=N–C) groups is 1. The van der Waals surface area contributed by atoms with E-state index in [1.165, 1.54) is 17.0 Å². The molecule has 0 saturated carbocycles. The predicted molar refractivity (Wildman–Crippen MR) is 251 cm³/mol. The molecule has 6 aromatic rings. The van der Waals surface area contributed by atoms with Gasteiger partial charge in [0.05, 0.1) is 27.9 Å². The van der Waals surface area contributed by atoms with Gasteiger partial charge in [-0.25, -0.2) is 9.37 Å². The number of carbonyl (C=O) groups is 3. The van der Waals surface area contributed by atoms with Crippen molar-refractivity contribution in [3.8, 4) is 26.6 Å². The average Bonchev–Trinajstić information content (AvgIpc) is 4.05. The van der Waals surface area contributed by atoms with Crippen LogP contribution in [0.25, 0.3) is 26.6 Å². The van der Waals surface area contributed by atoms with Crippen molar-refractivity contribution >= 4 is 46.1 Å². The lowest BCUT2D eigenvalue weighted by Crippen LogP contribution is -2.57. The minimum atomic E-state index is -1.09. The number of methoxy groups -OCH3 is 1. The summed E-state index contributed by atoms with van der Waals surface area (Å²) in [5, 5.41) is 26.4. The van der Waals surface area contributed by atoms with Gasteiger partial charge < -0.3 is 25.4 Å². The number of hydrogen-bond donors (Lipinski definition) is 3. The SMILES string of the molecule is COCC[C@@H]1N=C(c2ccc(-c3ccc(C(=O)N[C@H](C(=O)N4C[C@H](O)C[C@H]4C(=O)NCc4ccc(-c5scnc5C)cc4)C(C)(C)C)cc3F)cc2)c2c(sc(C)c2C)-n2c(C)nnc21. The topological polar surface area (TPSA) is 164 Å². The van der Waals surface area contributed by atoms with Crippen LogP contribution in [0.15, 0.2) is 77.2 Å². The maximum atomic E-state index is 16.1. The van der Waals surface area contributed by atoms with Crippen LogP contribution in [-0.4, -0.2) is 91.6 Å². The molecule has 0 unspecified atom stereocenters. The number of nitrogens with one attached hydrogen (secondary N) is 2. The summed E-state index contributed by atoms with van der Waals surface area (Å²) < 4.78 is 23.6. The zero-order valence-electron chi connectivity index (χ0n) is 37.7. The van der Waals surface area contributed by atoms with Gasteiger partial charge in [-0.2, -0.15) is 0 Å². The van der Waals surface area contributed by atoms with Crippen LogP contribution in [0.2, 0.25) is 0 Å². The number of likely N-dealkylation sites (tertiary alicyclic amines) is 1. The van der Waals surface area contributed by atoms with Gasteiger partial charge in [0.25, 0.3) is 5.91 Å². The molecule has 2 aliphatic rings. The number of aliphatic hydroxyl groups is 1. The number of fused-ring (bicyclic) bond motifs is 3. The molecular weight excluding hydrogens is 864 g/mol. The molecule has 0 spiro atoms. The molecule has 2 aliphatic heterocycles. The Morgan fingerprint density at radius 1 is 0.969 bits per heavy atom. The first kappa shape index (κ1) is 45.6. The fourth-order valence-electron chi connectivity index (χ4n) is 8.50. The van der Waals surface area contributed by atoms with Crippen molar-refractivity contribution in [3.05, 3.63) is 128 Å². The van der Waals surface area contributed by atoms with Crippen molar-refractivity contribution in [3.63, 3.8) is 0 Å². The highest BCUT2D eigenvalue weighted by Gasteiger charge is 2.44. The Balaban J connectivity index is 0.969. The number of nitrogens with zero attached hydrogens (tertiary/aromatic N) is 6. The largest absolute Gasteiger partial charge is 0.391 e. The van der Waals surface area contributed by atoms with E-state index >= 15 is 4.39 Å². The Bertz CT molecular complexity index is 2790. The first-order valence-corrected chi connectivity index (χ1v) is 23.3. The lowest BCUT2D eigenvalue weighted by molar-refractivity contribution is -0.142. The summed E-state index contributed by atoms with van der Waals surface area (Å²) in [6.07, 6.45) is -0.251. The van der Waals surface area contributed by atoms with Crippen molar-refractivity contribution < 1.29 is 28.6 Å². The van der Waals surface area contributed by atoms with Crippen LogP contribution in [0.3, 0.4) is 0 Å². The van der Waals surface area contributed by atoms with Gasteiger partial charge in [0.15, 0.2) is 5.82 Å². The predicted octanol–water partition coefficient (Wildman–Crippen LogP) is 7.84. The number of β-amino-alcohol motifs (C(OH)–C–C–N with tert-alkyl or cyclic N) is 1. The number of benzene rings is 3. The lowest BCUT2D eigenvalue weighted by atomic mass is 9.85. The second-order valence-corrected chi connectivity index (χ2v) is 19.9. The zero-order chi connectivity index (χ0) is 46.3. The minimum Gasteiger partial charge on any atom is -0.391 e. The summed E-state index contributed by atoms with van der Waals surface area (Å²) >= 11 is 3.24. The summed E-state index contributed by atoms with van der Waals surface area (Å²) in [4.78, 5) is 54.8. The second kappa shape index (κ2) is 18.5. The zero-order valence-corrected chi connectivity index (χ0v) is 39.4. The number of thiophene rings is 1. The first-order chi connectivity index (χ1) is 31.0. The molecule has 13 nitrogen and oxygen atoms in total. The van der Waals surface area contributed by atoms with Crippen LogP contribution < -0.4 is 10.6 Å². The number of aromatic nitrogens is 4. The van der Waals surface area contributed by atoms with E-state index in [0.29, 0.717) is 24.2 Å². The summed E-state index contributed by atoms with van der Waals surface area (Å²) in [5.74, 6) is -0.628. The summed E-state index contributed by atoms with van der Waals surface area (Å²) in [6.45, 7) is 14.1. The number of aryl methyl sites for hydroxylation is 3. The van der Waals surface area contributed by atoms with E-state index in [1.807, 2.05) is 62.4 Å². The summed E-state index contributed by atoms with van der Waals surface area (Å²) in [7, 11) is 1.66. The van der Waals surface area contributed by atoms with Crippen molar-refractivity contribution in [1.29, 1.82) is 0 Å². The van der Waals surface area contributed by atoms with E-state index < -0.39 is 47.1 Å². The highest BCUT2D eigenvalue weighted by Crippen LogP contribution is 2.40. The van der Waals surface area contributed by atoms with Gasteiger partial charge in [-0.15, -0.1) is 32.9 Å². The molecule has 4 atom stereocenters. The smallest absolute Gasteiger partial charge is 0.252 e. The van der Waals surface area contributed by atoms with Crippen LogP contribution in [0.1, 0.15) is 94.5 Å². The van der Waals surface area contributed by atoms with E-state index in [-0.39, 0.29) is 31.1 Å². The molecule has 65 heavy (non-hydrogen) atoms. The molecule has 3 amide bonds. The van der Waals surface area contributed by atoms with Gasteiger partial charge in [-0.1, -0.05) is 75.4 Å². The Morgan fingerprint density at radius 3 is 2.34 bits per heavy atom.